The SMILES string of the molecule is O=C(NCc1cccs1)C(=O)Nc1cccc(SC(F)F)c1. The molecular weight excluding hydrogens is 330 g/mol. The van der Waals surface area contributed by atoms with Gasteiger partial charge in [0.05, 0.1) is 6.54 Å². The fourth-order valence-electron chi connectivity index (χ4n) is 1.60. The van der Waals surface area contributed by atoms with Gasteiger partial charge in [-0.25, -0.2) is 0 Å². The van der Waals surface area contributed by atoms with Crippen LogP contribution in [-0.2, 0) is 16.1 Å². The summed E-state index contributed by atoms with van der Waals surface area (Å²) in [5.74, 6) is -4.16. The van der Waals surface area contributed by atoms with E-state index in [4.69, 9.17) is 0 Å². The van der Waals surface area contributed by atoms with Crippen LogP contribution in [0.5, 0.6) is 0 Å². The third-order valence-corrected chi connectivity index (χ3v) is 4.11. The first kappa shape index (κ1) is 16.4. The predicted molar refractivity (Wildman–Crippen MR) is 83.1 cm³/mol. The Hall–Kier alpha value is -1.93. The highest BCUT2D eigenvalue weighted by Gasteiger charge is 2.14. The number of benzene rings is 1. The van der Waals surface area contributed by atoms with Gasteiger partial charge in [-0.15, -0.1) is 11.3 Å². The maximum absolute atomic E-state index is 12.3. The van der Waals surface area contributed by atoms with E-state index in [2.05, 4.69) is 10.6 Å². The fourth-order valence-corrected chi connectivity index (χ4v) is 2.80. The van der Waals surface area contributed by atoms with Crippen molar-refractivity contribution in [2.24, 2.45) is 0 Å². The number of anilines is 1. The lowest BCUT2D eigenvalue weighted by atomic mass is 10.3. The highest BCUT2D eigenvalue weighted by atomic mass is 32.2. The molecule has 8 heteroatoms. The number of hydrogen-bond acceptors (Lipinski definition) is 4. The van der Waals surface area contributed by atoms with Crippen LogP contribution in [0.25, 0.3) is 0 Å². The van der Waals surface area contributed by atoms with Gasteiger partial charge in [-0.3, -0.25) is 9.59 Å². The number of alkyl halides is 2. The van der Waals surface area contributed by atoms with Gasteiger partial charge in [-0.05, 0) is 29.6 Å². The number of carbonyl (C=O) groups is 2. The van der Waals surface area contributed by atoms with Crippen molar-refractivity contribution in [2.75, 3.05) is 5.32 Å². The molecular formula is C14H12F2N2O2S2. The lowest BCUT2D eigenvalue weighted by Crippen LogP contribution is -2.34. The van der Waals surface area contributed by atoms with Gasteiger partial charge in [0.2, 0.25) is 0 Å². The molecule has 0 fully saturated rings. The van der Waals surface area contributed by atoms with E-state index in [-0.39, 0.29) is 6.54 Å². The van der Waals surface area contributed by atoms with E-state index in [1.165, 1.54) is 35.6 Å². The molecule has 0 saturated heterocycles. The Morgan fingerprint density at radius 1 is 1.18 bits per heavy atom. The molecule has 2 N–H and O–H groups in total. The molecule has 2 amide bonds. The van der Waals surface area contributed by atoms with Crippen LogP contribution in [-0.4, -0.2) is 17.6 Å². The zero-order chi connectivity index (χ0) is 15.9. The molecule has 1 aromatic heterocycles. The van der Waals surface area contributed by atoms with Crippen LogP contribution in [0.3, 0.4) is 0 Å². The van der Waals surface area contributed by atoms with Crippen molar-refractivity contribution in [1.82, 2.24) is 5.32 Å². The van der Waals surface area contributed by atoms with Crippen LogP contribution < -0.4 is 10.6 Å². The zero-order valence-electron chi connectivity index (χ0n) is 11.2. The molecule has 0 radical (unpaired) electrons. The van der Waals surface area contributed by atoms with Gasteiger partial charge in [0.15, 0.2) is 0 Å². The van der Waals surface area contributed by atoms with E-state index >= 15 is 0 Å². The van der Waals surface area contributed by atoms with E-state index in [1.54, 1.807) is 0 Å². The average Bonchev–Trinajstić information content (AvgIpc) is 2.97. The number of carbonyl (C=O) groups excluding carboxylic acids is 2. The van der Waals surface area contributed by atoms with Crippen LogP contribution in [0, 0.1) is 0 Å². The summed E-state index contributed by atoms with van der Waals surface area (Å²) in [7, 11) is 0. The topological polar surface area (TPSA) is 58.2 Å². The Labute approximate surface area is 133 Å². The van der Waals surface area contributed by atoms with E-state index in [0.29, 0.717) is 22.3 Å². The van der Waals surface area contributed by atoms with Gasteiger partial charge >= 0.3 is 11.8 Å². The quantitative estimate of drug-likeness (QED) is 0.647. The molecule has 1 aromatic carbocycles. The molecule has 2 aromatic rings. The summed E-state index contributed by atoms with van der Waals surface area (Å²) >= 11 is 1.84. The molecule has 0 aliphatic carbocycles. The van der Waals surface area contributed by atoms with E-state index in [0.717, 1.165) is 4.88 Å². The van der Waals surface area contributed by atoms with Gasteiger partial charge in [-0.1, -0.05) is 23.9 Å². The number of nitrogens with one attached hydrogen (secondary N) is 2. The molecule has 0 unspecified atom stereocenters. The van der Waals surface area contributed by atoms with Gasteiger partial charge in [0, 0.05) is 15.5 Å². The average molecular weight is 342 g/mol. The normalized spacial score (nSPS) is 10.5. The Balaban J connectivity index is 1.89. The summed E-state index contributed by atoms with van der Waals surface area (Å²) in [5, 5.41) is 6.73. The van der Waals surface area contributed by atoms with Crippen molar-refractivity contribution in [3.05, 3.63) is 46.7 Å². The van der Waals surface area contributed by atoms with Crippen molar-refractivity contribution in [1.29, 1.82) is 0 Å². The molecule has 2 rings (SSSR count). The monoisotopic (exact) mass is 342 g/mol. The minimum Gasteiger partial charge on any atom is -0.343 e. The van der Waals surface area contributed by atoms with Gasteiger partial charge in [0.1, 0.15) is 0 Å². The second-order valence-electron chi connectivity index (χ2n) is 4.12. The minimum atomic E-state index is -2.54. The standard InChI is InChI=1S/C14H12F2N2O2S2/c15-14(16)22-10-4-1-3-9(7-10)18-13(20)12(19)17-8-11-5-2-6-21-11/h1-7,14H,8H2,(H,17,19)(H,18,20). The van der Waals surface area contributed by atoms with Crippen LogP contribution in [0.1, 0.15) is 4.88 Å². The summed E-state index contributed by atoms with van der Waals surface area (Å²) in [6.07, 6.45) is 0. The molecule has 0 aliphatic rings. The van der Waals surface area contributed by atoms with Crippen molar-refractivity contribution < 1.29 is 18.4 Å². The number of thiophene rings is 1. The van der Waals surface area contributed by atoms with E-state index in [1.807, 2.05) is 17.5 Å². The Kier molecular flexibility index (Phi) is 5.91. The lowest BCUT2D eigenvalue weighted by Gasteiger charge is -2.07. The first-order valence-electron chi connectivity index (χ1n) is 6.21. The molecule has 0 saturated carbocycles. The number of hydrogen-bond donors (Lipinski definition) is 2. The molecule has 0 bridgehead atoms. The molecule has 1 heterocycles. The highest BCUT2D eigenvalue weighted by Crippen LogP contribution is 2.27. The Bertz CT molecular complexity index is 648. The van der Waals surface area contributed by atoms with Crippen molar-refractivity contribution >= 4 is 40.6 Å². The first-order chi connectivity index (χ1) is 10.5. The lowest BCUT2D eigenvalue weighted by molar-refractivity contribution is -0.136. The summed E-state index contributed by atoms with van der Waals surface area (Å²) in [6, 6.07) is 9.64. The van der Waals surface area contributed by atoms with Crippen molar-refractivity contribution in [3.8, 4) is 0 Å². The largest absolute Gasteiger partial charge is 0.343 e. The smallest absolute Gasteiger partial charge is 0.313 e. The zero-order valence-corrected chi connectivity index (χ0v) is 12.8. The molecule has 116 valence electrons. The number of halogens is 2. The molecule has 4 nitrogen and oxygen atoms in total. The minimum absolute atomic E-state index is 0.269. The second kappa shape index (κ2) is 7.90. The number of amides is 2. The van der Waals surface area contributed by atoms with Crippen LogP contribution in [0.2, 0.25) is 0 Å². The predicted octanol–water partition coefficient (Wildman–Crippen LogP) is 3.32. The number of rotatable bonds is 5. The van der Waals surface area contributed by atoms with Crippen molar-refractivity contribution in [2.45, 2.75) is 17.2 Å². The van der Waals surface area contributed by atoms with E-state index in [9.17, 15) is 18.4 Å². The molecule has 0 aliphatic heterocycles. The Morgan fingerprint density at radius 3 is 2.68 bits per heavy atom. The summed E-state index contributed by atoms with van der Waals surface area (Å²) < 4.78 is 24.6. The van der Waals surface area contributed by atoms with Gasteiger partial charge in [-0.2, -0.15) is 8.78 Å². The Morgan fingerprint density at radius 2 is 2.00 bits per heavy atom. The summed E-state index contributed by atoms with van der Waals surface area (Å²) in [4.78, 5) is 24.6. The third kappa shape index (κ3) is 5.12. The highest BCUT2D eigenvalue weighted by molar-refractivity contribution is 7.99. The maximum atomic E-state index is 12.3. The van der Waals surface area contributed by atoms with Crippen LogP contribution >= 0.6 is 23.1 Å². The molecule has 22 heavy (non-hydrogen) atoms. The first-order valence-corrected chi connectivity index (χ1v) is 7.97. The third-order valence-electron chi connectivity index (χ3n) is 2.53. The maximum Gasteiger partial charge on any atom is 0.313 e. The van der Waals surface area contributed by atoms with Crippen LogP contribution in [0.15, 0.2) is 46.7 Å². The van der Waals surface area contributed by atoms with Gasteiger partial charge in [0.25, 0.3) is 5.76 Å². The van der Waals surface area contributed by atoms with E-state index < -0.39 is 17.6 Å². The second-order valence-corrected chi connectivity index (χ2v) is 6.22. The fraction of sp³-hybridized carbons (Fsp3) is 0.143. The summed E-state index contributed by atoms with van der Waals surface area (Å²) in [5.41, 5.74) is 0.293. The van der Waals surface area contributed by atoms with Gasteiger partial charge < -0.3 is 10.6 Å². The summed E-state index contributed by atoms with van der Waals surface area (Å²) in [6.45, 7) is 0.269. The molecule has 0 atom stereocenters. The van der Waals surface area contributed by atoms with Crippen LogP contribution in [0.4, 0.5) is 14.5 Å². The molecule has 0 spiro atoms. The number of thioether (sulfide) groups is 1. The van der Waals surface area contributed by atoms with Crippen molar-refractivity contribution in [3.63, 3.8) is 0 Å².